The Morgan fingerprint density at radius 1 is 1.45 bits per heavy atom. The van der Waals surface area contributed by atoms with E-state index >= 15 is 0 Å². The molecule has 1 aliphatic rings. The molecule has 110 valence electrons. The summed E-state index contributed by atoms with van der Waals surface area (Å²) >= 11 is 0. The van der Waals surface area contributed by atoms with Crippen molar-refractivity contribution in [2.75, 3.05) is 6.54 Å². The zero-order valence-corrected chi connectivity index (χ0v) is 12.1. The molecule has 1 aliphatic carbocycles. The van der Waals surface area contributed by atoms with Crippen LogP contribution in [0.15, 0.2) is 18.2 Å². The number of carboxylic acid groups (broad SMARTS) is 1. The van der Waals surface area contributed by atoms with Crippen LogP contribution in [-0.4, -0.2) is 28.6 Å². The highest BCUT2D eigenvalue weighted by molar-refractivity contribution is 5.69. The Morgan fingerprint density at radius 2 is 2.10 bits per heavy atom. The Labute approximate surface area is 119 Å². The highest BCUT2D eigenvalue weighted by Gasteiger charge is 2.29. The fourth-order valence-corrected chi connectivity index (χ4v) is 3.03. The van der Waals surface area contributed by atoms with Gasteiger partial charge in [0.2, 0.25) is 0 Å². The Morgan fingerprint density at radius 3 is 2.65 bits per heavy atom. The predicted molar refractivity (Wildman–Crippen MR) is 76.1 cm³/mol. The molecule has 0 radical (unpaired) electrons. The zero-order valence-electron chi connectivity index (χ0n) is 12.1. The van der Waals surface area contributed by atoms with Gasteiger partial charge in [-0.25, -0.2) is 4.39 Å². The summed E-state index contributed by atoms with van der Waals surface area (Å²) in [5.41, 5.74) is 1.47. The van der Waals surface area contributed by atoms with Crippen molar-refractivity contribution in [3.8, 4) is 0 Å². The van der Waals surface area contributed by atoms with Gasteiger partial charge in [0.25, 0.3) is 0 Å². The van der Waals surface area contributed by atoms with Gasteiger partial charge in [-0.1, -0.05) is 25.0 Å². The van der Waals surface area contributed by atoms with Crippen LogP contribution in [-0.2, 0) is 4.79 Å². The normalized spacial score (nSPS) is 17.6. The predicted octanol–water partition coefficient (Wildman–Crippen LogP) is 3.52. The van der Waals surface area contributed by atoms with Crippen molar-refractivity contribution in [1.82, 2.24) is 4.90 Å². The van der Waals surface area contributed by atoms with Crippen molar-refractivity contribution < 1.29 is 14.3 Å². The number of halogens is 1. The minimum atomic E-state index is -0.823. The number of benzene rings is 1. The van der Waals surface area contributed by atoms with Gasteiger partial charge in [-0.3, -0.25) is 9.69 Å². The van der Waals surface area contributed by atoms with Crippen LogP contribution in [0.1, 0.15) is 49.8 Å². The minimum absolute atomic E-state index is 0.0152. The lowest BCUT2D eigenvalue weighted by molar-refractivity contribution is -0.139. The van der Waals surface area contributed by atoms with E-state index in [1.807, 2.05) is 17.9 Å². The molecule has 0 heterocycles. The second-order valence-electron chi connectivity index (χ2n) is 5.69. The smallest absolute Gasteiger partial charge is 0.317 e. The molecule has 2 rings (SSSR count). The number of aliphatic carboxylic acids is 1. The highest BCUT2D eigenvalue weighted by atomic mass is 19.1. The molecule has 0 spiro atoms. The molecule has 1 unspecified atom stereocenters. The maximum atomic E-state index is 13.7. The number of nitrogens with zero attached hydrogens (tertiary/aromatic N) is 1. The van der Waals surface area contributed by atoms with E-state index in [9.17, 15) is 9.18 Å². The molecule has 4 heteroatoms. The van der Waals surface area contributed by atoms with Crippen molar-refractivity contribution in [3.05, 3.63) is 35.1 Å². The third-order valence-corrected chi connectivity index (χ3v) is 4.29. The van der Waals surface area contributed by atoms with E-state index in [0.717, 1.165) is 31.2 Å². The number of hydrogen-bond acceptors (Lipinski definition) is 2. The molecule has 0 aliphatic heterocycles. The van der Waals surface area contributed by atoms with Crippen LogP contribution in [0.3, 0.4) is 0 Å². The second kappa shape index (κ2) is 6.35. The fourth-order valence-electron chi connectivity index (χ4n) is 3.03. The number of aryl methyl sites for hydroxylation is 1. The third kappa shape index (κ3) is 3.37. The molecule has 0 saturated heterocycles. The van der Waals surface area contributed by atoms with Gasteiger partial charge < -0.3 is 5.11 Å². The standard InChI is InChI=1S/C16H22FNO2/c1-11-7-8-13(9-15(11)17)12(2)18(10-16(19)20)14-5-3-4-6-14/h7-9,12,14H,3-6,10H2,1-2H3,(H,19,20). The Bertz CT molecular complexity index is 483. The van der Waals surface area contributed by atoms with E-state index in [1.54, 1.807) is 13.0 Å². The van der Waals surface area contributed by atoms with Crippen LogP contribution in [0.25, 0.3) is 0 Å². The summed E-state index contributed by atoms with van der Waals surface area (Å²) in [6.07, 6.45) is 4.36. The monoisotopic (exact) mass is 279 g/mol. The zero-order chi connectivity index (χ0) is 14.7. The largest absolute Gasteiger partial charge is 0.480 e. The number of carbonyl (C=O) groups is 1. The molecular formula is C16H22FNO2. The van der Waals surface area contributed by atoms with Crippen LogP contribution in [0, 0.1) is 12.7 Å². The van der Waals surface area contributed by atoms with Crippen LogP contribution in [0.4, 0.5) is 4.39 Å². The molecule has 1 aromatic carbocycles. The molecule has 0 bridgehead atoms. The number of hydrogen-bond donors (Lipinski definition) is 1. The van der Waals surface area contributed by atoms with E-state index < -0.39 is 5.97 Å². The lowest BCUT2D eigenvalue weighted by atomic mass is 10.0. The number of rotatable bonds is 5. The summed E-state index contributed by atoms with van der Waals surface area (Å²) < 4.78 is 13.7. The van der Waals surface area contributed by atoms with E-state index in [-0.39, 0.29) is 18.4 Å². The van der Waals surface area contributed by atoms with Crippen molar-refractivity contribution in [2.45, 2.75) is 51.6 Å². The summed E-state index contributed by atoms with van der Waals surface area (Å²) in [5, 5.41) is 9.12. The Hall–Kier alpha value is -1.42. The van der Waals surface area contributed by atoms with Crippen LogP contribution in [0.5, 0.6) is 0 Å². The summed E-state index contributed by atoms with van der Waals surface area (Å²) in [4.78, 5) is 13.1. The first-order valence-electron chi connectivity index (χ1n) is 7.22. The van der Waals surface area contributed by atoms with Gasteiger partial charge in [-0.15, -0.1) is 0 Å². The van der Waals surface area contributed by atoms with Crippen LogP contribution in [0.2, 0.25) is 0 Å². The SMILES string of the molecule is Cc1ccc(C(C)N(CC(=O)O)C2CCCC2)cc1F. The first kappa shape index (κ1) is 15.0. The fraction of sp³-hybridized carbons (Fsp3) is 0.562. The van der Waals surface area contributed by atoms with Crippen LogP contribution < -0.4 is 0 Å². The van der Waals surface area contributed by atoms with Gasteiger partial charge in [0.15, 0.2) is 0 Å². The summed E-state index contributed by atoms with van der Waals surface area (Å²) in [6.45, 7) is 3.71. The van der Waals surface area contributed by atoms with Crippen LogP contribution >= 0.6 is 0 Å². The Kier molecular flexibility index (Phi) is 4.76. The molecule has 1 fully saturated rings. The molecule has 0 amide bonds. The molecular weight excluding hydrogens is 257 g/mol. The van der Waals surface area contributed by atoms with Gasteiger partial charge in [-0.2, -0.15) is 0 Å². The summed E-state index contributed by atoms with van der Waals surface area (Å²) in [6, 6.07) is 5.40. The summed E-state index contributed by atoms with van der Waals surface area (Å²) in [5.74, 6) is -1.05. The second-order valence-corrected chi connectivity index (χ2v) is 5.69. The number of carboxylic acids is 1. The quantitative estimate of drug-likeness (QED) is 0.896. The van der Waals surface area contributed by atoms with Crippen molar-refractivity contribution in [2.24, 2.45) is 0 Å². The maximum absolute atomic E-state index is 13.7. The highest BCUT2D eigenvalue weighted by Crippen LogP contribution is 2.31. The molecule has 0 aromatic heterocycles. The van der Waals surface area contributed by atoms with Crippen molar-refractivity contribution >= 4 is 5.97 Å². The minimum Gasteiger partial charge on any atom is -0.480 e. The molecule has 3 nitrogen and oxygen atoms in total. The molecule has 1 atom stereocenters. The van der Waals surface area contributed by atoms with Gasteiger partial charge in [0, 0.05) is 12.1 Å². The van der Waals surface area contributed by atoms with E-state index in [0.29, 0.717) is 11.6 Å². The average molecular weight is 279 g/mol. The van der Waals surface area contributed by atoms with E-state index in [2.05, 4.69) is 0 Å². The van der Waals surface area contributed by atoms with Gasteiger partial charge in [0.1, 0.15) is 5.82 Å². The van der Waals surface area contributed by atoms with Crippen molar-refractivity contribution in [1.29, 1.82) is 0 Å². The average Bonchev–Trinajstić information content (AvgIpc) is 2.92. The van der Waals surface area contributed by atoms with Crippen molar-refractivity contribution in [3.63, 3.8) is 0 Å². The van der Waals surface area contributed by atoms with Gasteiger partial charge in [-0.05, 0) is 43.9 Å². The summed E-state index contributed by atoms with van der Waals surface area (Å²) in [7, 11) is 0. The lowest BCUT2D eigenvalue weighted by Crippen LogP contribution is -2.39. The van der Waals surface area contributed by atoms with Gasteiger partial charge >= 0.3 is 5.97 Å². The molecule has 1 saturated carbocycles. The Balaban J connectivity index is 2.21. The third-order valence-electron chi connectivity index (χ3n) is 4.29. The van der Waals surface area contributed by atoms with Gasteiger partial charge in [0.05, 0.1) is 6.54 Å². The molecule has 1 N–H and O–H groups in total. The molecule has 20 heavy (non-hydrogen) atoms. The van der Waals surface area contributed by atoms with E-state index in [4.69, 9.17) is 5.11 Å². The molecule has 1 aromatic rings. The first-order chi connectivity index (χ1) is 9.49. The van der Waals surface area contributed by atoms with E-state index in [1.165, 1.54) is 6.07 Å². The first-order valence-corrected chi connectivity index (χ1v) is 7.22. The lowest BCUT2D eigenvalue weighted by Gasteiger charge is -2.33. The topological polar surface area (TPSA) is 40.5 Å². The maximum Gasteiger partial charge on any atom is 0.317 e.